The van der Waals surface area contributed by atoms with Crippen molar-refractivity contribution in [2.45, 2.75) is 26.4 Å². The summed E-state index contributed by atoms with van der Waals surface area (Å²) in [7, 11) is 1.89. The fourth-order valence-corrected chi connectivity index (χ4v) is 1.88. The number of aryl methyl sites for hydroxylation is 1. The summed E-state index contributed by atoms with van der Waals surface area (Å²) in [6.07, 6.45) is 1.81. The van der Waals surface area contributed by atoms with Crippen LogP contribution in [0.25, 0.3) is 0 Å². The van der Waals surface area contributed by atoms with Gasteiger partial charge in [0.2, 0.25) is 0 Å². The summed E-state index contributed by atoms with van der Waals surface area (Å²) in [6, 6.07) is 3.91. The van der Waals surface area contributed by atoms with Crippen molar-refractivity contribution in [1.29, 1.82) is 0 Å². The molecule has 1 atom stereocenters. The summed E-state index contributed by atoms with van der Waals surface area (Å²) in [5, 5.41) is 7.43. The van der Waals surface area contributed by atoms with Crippen LogP contribution in [0.15, 0.2) is 24.4 Å². The minimum Gasteiger partial charge on any atom is -0.306 e. The molecule has 19 heavy (non-hydrogen) atoms. The topological polar surface area (TPSA) is 29.9 Å². The first-order valence-corrected chi connectivity index (χ1v) is 6.15. The van der Waals surface area contributed by atoms with Gasteiger partial charge in [-0.05, 0) is 31.5 Å². The number of hydrogen-bond acceptors (Lipinski definition) is 2. The van der Waals surface area contributed by atoms with Gasteiger partial charge in [0.1, 0.15) is 0 Å². The maximum atomic E-state index is 13.2. The van der Waals surface area contributed by atoms with Gasteiger partial charge >= 0.3 is 0 Å². The van der Waals surface area contributed by atoms with E-state index in [1.54, 1.807) is 16.9 Å². The number of nitrogens with one attached hydrogen (secondary N) is 1. The Bertz CT molecular complexity index is 578. The predicted molar refractivity (Wildman–Crippen MR) is 69.6 cm³/mol. The number of nitrogens with zero attached hydrogens (tertiary/aromatic N) is 2. The van der Waals surface area contributed by atoms with E-state index in [9.17, 15) is 8.78 Å². The van der Waals surface area contributed by atoms with E-state index < -0.39 is 11.6 Å². The summed E-state index contributed by atoms with van der Waals surface area (Å²) in [5.74, 6) is -1.64. The van der Waals surface area contributed by atoms with Crippen molar-refractivity contribution < 1.29 is 8.78 Å². The lowest BCUT2D eigenvalue weighted by Gasteiger charge is -2.14. The van der Waals surface area contributed by atoms with E-state index >= 15 is 0 Å². The first kappa shape index (κ1) is 13.7. The summed E-state index contributed by atoms with van der Waals surface area (Å²) >= 11 is 0. The number of benzene rings is 1. The van der Waals surface area contributed by atoms with Crippen LogP contribution in [0.3, 0.4) is 0 Å². The van der Waals surface area contributed by atoms with E-state index in [1.165, 1.54) is 6.07 Å². The highest BCUT2D eigenvalue weighted by molar-refractivity contribution is 5.21. The largest absolute Gasteiger partial charge is 0.306 e. The second-order valence-electron chi connectivity index (χ2n) is 4.65. The lowest BCUT2D eigenvalue weighted by molar-refractivity contribution is 0.500. The monoisotopic (exact) mass is 265 g/mol. The Morgan fingerprint density at radius 1 is 1.32 bits per heavy atom. The molecule has 2 rings (SSSR count). The SMILES string of the molecule is Cc1c(CNC(C)c2ccc(F)c(F)c2)cnn1C. The molecule has 0 bridgehead atoms. The number of hydrogen-bond donors (Lipinski definition) is 1. The normalized spacial score (nSPS) is 12.7. The molecule has 1 heterocycles. The van der Waals surface area contributed by atoms with Crippen LogP contribution in [0.1, 0.15) is 29.8 Å². The molecule has 102 valence electrons. The molecule has 2 aromatic rings. The van der Waals surface area contributed by atoms with E-state index in [2.05, 4.69) is 10.4 Å². The first-order chi connectivity index (χ1) is 8.99. The van der Waals surface area contributed by atoms with Gasteiger partial charge in [0.05, 0.1) is 6.20 Å². The van der Waals surface area contributed by atoms with E-state index in [-0.39, 0.29) is 6.04 Å². The van der Waals surface area contributed by atoms with Crippen molar-refractivity contribution in [2.24, 2.45) is 7.05 Å². The molecular weight excluding hydrogens is 248 g/mol. The van der Waals surface area contributed by atoms with E-state index in [1.807, 2.05) is 20.9 Å². The number of aromatic nitrogens is 2. The van der Waals surface area contributed by atoms with Crippen LogP contribution in [0, 0.1) is 18.6 Å². The van der Waals surface area contributed by atoms with Gasteiger partial charge in [0.15, 0.2) is 11.6 Å². The third kappa shape index (κ3) is 2.98. The van der Waals surface area contributed by atoms with Crippen molar-refractivity contribution in [3.8, 4) is 0 Å². The quantitative estimate of drug-likeness (QED) is 0.921. The molecule has 5 heteroatoms. The zero-order valence-electron chi connectivity index (χ0n) is 11.2. The third-order valence-corrected chi connectivity index (χ3v) is 3.38. The van der Waals surface area contributed by atoms with Crippen molar-refractivity contribution >= 4 is 0 Å². The van der Waals surface area contributed by atoms with Gasteiger partial charge in [-0.2, -0.15) is 5.10 Å². The first-order valence-electron chi connectivity index (χ1n) is 6.15. The lowest BCUT2D eigenvalue weighted by Crippen LogP contribution is -2.18. The minimum atomic E-state index is -0.820. The Morgan fingerprint density at radius 2 is 2.05 bits per heavy atom. The zero-order chi connectivity index (χ0) is 14.0. The summed E-state index contributed by atoms with van der Waals surface area (Å²) < 4.78 is 27.8. The molecule has 0 aliphatic heterocycles. The van der Waals surface area contributed by atoms with E-state index in [0.29, 0.717) is 6.54 Å². The highest BCUT2D eigenvalue weighted by Gasteiger charge is 2.10. The Kier molecular flexibility index (Phi) is 3.95. The molecule has 0 saturated heterocycles. The van der Waals surface area contributed by atoms with Crippen LogP contribution in [0.2, 0.25) is 0 Å². The number of rotatable bonds is 4. The maximum absolute atomic E-state index is 13.2. The maximum Gasteiger partial charge on any atom is 0.159 e. The Balaban J connectivity index is 2.03. The fraction of sp³-hybridized carbons (Fsp3) is 0.357. The molecule has 1 unspecified atom stereocenters. The molecule has 1 N–H and O–H groups in total. The van der Waals surface area contributed by atoms with E-state index in [0.717, 1.165) is 22.9 Å². The highest BCUT2D eigenvalue weighted by Crippen LogP contribution is 2.17. The average Bonchev–Trinajstić information content (AvgIpc) is 2.70. The molecule has 1 aromatic heterocycles. The standard InChI is InChI=1S/C14H17F2N3/c1-9(11-4-5-13(15)14(16)6-11)17-7-12-8-18-19(3)10(12)2/h4-6,8-9,17H,7H2,1-3H3. The van der Waals surface area contributed by atoms with Gasteiger partial charge in [-0.3, -0.25) is 4.68 Å². The molecule has 0 aliphatic rings. The smallest absolute Gasteiger partial charge is 0.159 e. The van der Waals surface area contributed by atoms with Gasteiger partial charge in [0, 0.05) is 30.9 Å². The lowest BCUT2D eigenvalue weighted by atomic mass is 10.1. The van der Waals surface area contributed by atoms with Crippen LogP contribution in [-0.4, -0.2) is 9.78 Å². The molecule has 0 spiro atoms. The van der Waals surface area contributed by atoms with Gasteiger partial charge in [-0.1, -0.05) is 6.07 Å². The summed E-state index contributed by atoms with van der Waals surface area (Å²) in [5.41, 5.74) is 2.90. The molecule has 3 nitrogen and oxygen atoms in total. The predicted octanol–water partition coefficient (Wildman–Crippen LogP) is 2.86. The molecule has 0 saturated carbocycles. The summed E-state index contributed by atoms with van der Waals surface area (Å²) in [6.45, 7) is 4.55. The van der Waals surface area contributed by atoms with Crippen LogP contribution < -0.4 is 5.32 Å². The van der Waals surface area contributed by atoms with Crippen LogP contribution in [0.4, 0.5) is 8.78 Å². The van der Waals surface area contributed by atoms with Crippen LogP contribution in [-0.2, 0) is 13.6 Å². The Morgan fingerprint density at radius 3 is 2.63 bits per heavy atom. The fourth-order valence-electron chi connectivity index (χ4n) is 1.88. The number of halogens is 2. The highest BCUT2D eigenvalue weighted by atomic mass is 19.2. The minimum absolute atomic E-state index is 0.0605. The van der Waals surface area contributed by atoms with Crippen LogP contribution >= 0.6 is 0 Å². The molecule has 0 radical (unpaired) electrons. The van der Waals surface area contributed by atoms with Crippen molar-refractivity contribution in [1.82, 2.24) is 15.1 Å². The van der Waals surface area contributed by atoms with Gasteiger partial charge in [-0.15, -0.1) is 0 Å². The Hall–Kier alpha value is -1.75. The van der Waals surface area contributed by atoms with Crippen molar-refractivity contribution in [3.63, 3.8) is 0 Å². The Labute approximate surface area is 111 Å². The average molecular weight is 265 g/mol. The van der Waals surface area contributed by atoms with Crippen LogP contribution in [0.5, 0.6) is 0 Å². The molecule has 0 aliphatic carbocycles. The van der Waals surface area contributed by atoms with E-state index in [4.69, 9.17) is 0 Å². The molecule has 0 fully saturated rings. The molecular formula is C14H17F2N3. The molecule has 0 amide bonds. The second-order valence-corrected chi connectivity index (χ2v) is 4.65. The summed E-state index contributed by atoms with van der Waals surface area (Å²) in [4.78, 5) is 0. The van der Waals surface area contributed by atoms with Crippen molar-refractivity contribution in [2.75, 3.05) is 0 Å². The zero-order valence-corrected chi connectivity index (χ0v) is 11.2. The van der Waals surface area contributed by atoms with Crippen molar-refractivity contribution in [3.05, 3.63) is 52.9 Å². The second kappa shape index (κ2) is 5.48. The van der Waals surface area contributed by atoms with Gasteiger partial charge in [0.25, 0.3) is 0 Å². The van der Waals surface area contributed by atoms with Gasteiger partial charge in [-0.25, -0.2) is 8.78 Å². The third-order valence-electron chi connectivity index (χ3n) is 3.38. The van der Waals surface area contributed by atoms with Gasteiger partial charge < -0.3 is 5.32 Å². The molecule has 1 aromatic carbocycles.